The normalized spacial score (nSPS) is 12.3. The van der Waals surface area contributed by atoms with E-state index in [0.717, 1.165) is 17.0 Å². The molecule has 2 aromatic heterocycles. The van der Waals surface area contributed by atoms with Gasteiger partial charge in [-0.25, -0.2) is 9.97 Å². The number of carboxylic acids is 1. The summed E-state index contributed by atoms with van der Waals surface area (Å²) in [6.45, 7) is 3.54. The molecule has 0 aliphatic rings. The maximum atomic E-state index is 10.8. The van der Waals surface area contributed by atoms with Gasteiger partial charge in [-0.15, -0.1) is 0 Å². The summed E-state index contributed by atoms with van der Waals surface area (Å²) in [6, 6.07) is 3.81. The quantitative estimate of drug-likeness (QED) is 0.864. The lowest BCUT2D eigenvalue weighted by molar-refractivity contribution is -0.141. The van der Waals surface area contributed by atoms with Gasteiger partial charge in [0.15, 0.2) is 0 Å². The van der Waals surface area contributed by atoms with Gasteiger partial charge in [-0.1, -0.05) is 6.92 Å². The van der Waals surface area contributed by atoms with Gasteiger partial charge in [-0.3, -0.25) is 4.79 Å². The zero-order valence-corrected chi connectivity index (χ0v) is 10.3. The van der Waals surface area contributed by atoms with Gasteiger partial charge >= 0.3 is 5.97 Å². The van der Waals surface area contributed by atoms with Gasteiger partial charge in [0.25, 0.3) is 0 Å². The van der Waals surface area contributed by atoms with E-state index in [9.17, 15) is 4.79 Å². The lowest BCUT2D eigenvalue weighted by atomic mass is 10.1. The summed E-state index contributed by atoms with van der Waals surface area (Å²) >= 11 is 0. The highest BCUT2D eigenvalue weighted by molar-refractivity contribution is 5.69. The number of nitrogens with zero attached hydrogens (tertiary/aromatic N) is 2. The first-order valence-electron chi connectivity index (χ1n) is 5.77. The monoisotopic (exact) mass is 245 g/mol. The van der Waals surface area contributed by atoms with Crippen LogP contribution in [-0.4, -0.2) is 26.0 Å². The van der Waals surface area contributed by atoms with Crippen LogP contribution in [0.15, 0.2) is 24.5 Å². The Morgan fingerprint density at radius 3 is 2.89 bits per heavy atom. The van der Waals surface area contributed by atoms with Crippen molar-refractivity contribution in [2.75, 3.05) is 0 Å². The molecule has 0 bridgehead atoms. The molecule has 5 heteroatoms. The van der Waals surface area contributed by atoms with E-state index in [4.69, 9.17) is 5.11 Å². The molecule has 94 valence electrons. The average Bonchev–Trinajstić information content (AvgIpc) is 2.81. The Hall–Kier alpha value is -2.17. The van der Waals surface area contributed by atoms with Gasteiger partial charge in [0.1, 0.15) is 5.82 Å². The van der Waals surface area contributed by atoms with Gasteiger partial charge in [-0.05, 0) is 19.1 Å². The predicted molar refractivity (Wildman–Crippen MR) is 67.1 cm³/mol. The van der Waals surface area contributed by atoms with Crippen LogP contribution in [-0.2, 0) is 11.2 Å². The molecule has 0 aromatic carbocycles. The van der Waals surface area contributed by atoms with Crippen LogP contribution in [0.5, 0.6) is 0 Å². The van der Waals surface area contributed by atoms with Crippen molar-refractivity contribution in [2.45, 2.75) is 20.3 Å². The second-order valence-corrected chi connectivity index (χ2v) is 4.35. The highest BCUT2D eigenvalue weighted by Gasteiger charge is 2.14. The maximum absolute atomic E-state index is 10.8. The Labute approximate surface area is 105 Å². The van der Waals surface area contributed by atoms with Crippen molar-refractivity contribution in [1.29, 1.82) is 0 Å². The number of aliphatic carboxylic acids is 1. The van der Waals surface area contributed by atoms with E-state index in [0.29, 0.717) is 12.2 Å². The van der Waals surface area contributed by atoms with Crippen molar-refractivity contribution < 1.29 is 9.90 Å². The Bertz CT molecular complexity index is 549. The minimum atomic E-state index is -0.830. The first-order chi connectivity index (χ1) is 8.56. The highest BCUT2D eigenvalue weighted by atomic mass is 16.4. The summed E-state index contributed by atoms with van der Waals surface area (Å²) in [5.74, 6) is -0.740. The Balaban J connectivity index is 2.30. The topological polar surface area (TPSA) is 78.9 Å². The first kappa shape index (κ1) is 12.3. The molecule has 18 heavy (non-hydrogen) atoms. The first-order valence-corrected chi connectivity index (χ1v) is 5.77. The van der Waals surface area contributed by atoms with Gasteiger partial charge in [-0.2, -0.15) is 0 Å². The molecule has 1 atom stereocenters. The van der Waals surface area contributed by atoms with E-state index in [1.165, 1.54) is 0 Å². The van der Waals surface area contributed by atoms with E-state index in [2.05, 4.69) is 15.0 Å². The summed E-state index contributed by atoms with van der Waals surface area (Å²) in [5.41, 5.74) is 2.63. The SMILES string of the molecule is Cc1cc(-c2cc[nH]c2)nc(CC(C)C(=O)O)n1. The van der Waals surface area contributed by atoms with Crippen molar-refractivity contribution in [1.82, 2.24) is 15.0 Å². The standard InChI is InChI=1S/C13H15N3O2/c1-8(13(17)18)5-12-15-9(2)6-11(16-12)10-3-4-14-7-10/h3-4,6-8,14H,5H2,1-2H3,(H,17,18). The number of nitrogens with one attached hydrogen (secondary N) is 1. The third-order valence-corrected chi connectivity index (χ3v) is 2.70. The molecule has 0 aliphatic carbocycles. The summed E-state index contributed by atoms with van der Waals surface area (Å²) in [7, 11) is 0. The van der Waals surface area contributed by atoms with Crippen molar-refractivity contribution in [3.63, 3.8) is 0 Å². The molecule has 0 spiro atoms. The summed E-state index contributed by atoms with van der Waals surface area (Å²) < 4.78 is 0. The lowest BCUT2D eigenvalue weighted by Crippen LogP contribution is -2.14. The van der Waals surface area contributed by atoms with Crippen LogP contribution in [0.1, 0.15) is 18.4 Å². The zero-order valence-electron chi connectivity index (χ0n) is 10.3. The molecule has 0 radical (unpaired) electrons. The van der Waals surface area contributed by atoms with Crippen LogP contribution >= 0.6 is 0 Å². The van der Waals surface area contributed by atoms with Crippen LogP contribution in [0, 0.1) is 12.8 Å². The number of hydrogen-bond acceptors (Lipinski definition) is 3. The smallest absolute Gasteiger partial charge is 0.306 e. The predicted octanol–water partition coefficient (Wildman–Crippen LogP) is 2.04. The summed E-state index contributed by atoms with van der Waals surface area (Å²) in [6.07, 6.45) is 4.02. The minimum Gasteiger partial charge on any atom is -0.481 e. The average molecular weight is 245 g/mol. The third kappa shape index (κ3) is 2.74. The second-order valence-electron chi connectivity index (χ2n) is 4.35. The fraction of sp³-hybridized carbons (Fsp3) is 0.308. The Morgan fingerprint density at radius 2 is 2.28 bits per heavy atom. The molecule has 0 fully saturated rings. The summed E-state index contributed by atoms with van der Waals surface area (Å²) in [5, 5.41) is 8.91. The van der Waals surface area contributed by atoms with Crippen molar-refractivity contribution in [3.05, 3.63) is 36.0 Å². The molecule has 0 aliphatic heterocycles. The zero-order chi connectivity index (χ0) is 13.1. The Morgan fingerprint density at radius 1 is 1.50 bits per heavy atom. The molecular weight excluding hydrogens is 230 g/mol. The Kier molecular flexibility index (Phi) is 3.41. The lowest BCUT2D eigenvalue weighted by Gasteiger charge is -2.07. The number of carbonyl (C=O) groups is 1. The molecule has 1 unspecified atom stereocenters. The van der Waals surface area contributed by atoms with E-state index in [1.807, 2.05) is 31.5 Å². The molecule has 2 heterocycles. The molecule has 0 saturated heterocycles. The number of aryl methyl sites for hydroxylation is 1. The highest BCUT2D eigenvalue weighted by Crippen LogP contribution is 2.17. The number of aromatic amines is 1. The second kappa shape index (κ2) is 5.00. The molecule has 0 saturated carbocycles. The largest absolute Gasteiger partial charge is 0.481 e. The number of hydrogen-bond donors (Lipinski definition) is 2. The molecular formula is C13H15N3O2. The minimum absolute atomic E-state index is 0.342. The van der Waals surface area contributed by atoms with Crippen LogP contribution in [0.2, 0.25) is 0 Å². The molecule has 2 rings (SSSR count). The fourth-order valence-electron chi connectivity index (χ4n) is 1.71. The molecule has 2 N–H and O–H groups in total. The fourth-order valence-corrected chi connectivity index (χ4v) is 1.71. The van der Waals surface area contributed by atoms with Gasteiger partial charge in [0.2, 0.25) is 0 Å². The van der Waals surface area contributed by atoms with Gasteiger partial charge in [0.05, 0.1) is 11.6 Å². The molecule has 2 aromatic rings. The van der Waals surface area contributed by atoms with E-state index >= 15 is 0 Å². The van der Waals surface area contributed by atoms with Gasteiger partial charge < -0.3 is 10.1 Å². The van der Waals surface area contributed by atoms with Crippen LogP contribution < -0.4 is 0 Å². The summed E-state index contributed by atoms with van der Waals surface area (Å²) in [4.78, 5) is 22.5. The maximum Gasteiger partial charge on any atom is 0.306 e. The molecule has 0 amide bonds. The van der Waals surface area contributed by atoms with E-state index in [-0.39, 0.29) is 0 Å². The molecule has 5 nitrogen and oxygen atoms in total. The van der Waals surface area contributed by atoms with Crippen molar-refractivity contribution >= 4 is 5.97 Å². The van der Waals surface area contributed by atoms with Gasteiger partial charge in [0, 0.05) is 30.1 Å². The van der Waals surface area contributed by atoms with E-state index in [1.54, 1.807) is 6.92 Å². The van der Waals surface area contributed by atoms with E-state index < -0.39 is 11.9 Å². The number of aromatic nitrogens is 3. The van der Waals surface area contributed by atoms with Crippen LogP contribution in [0.3, 0.4) is 0 Å². The third-order valence-electron chi connectivity index (χ3n) is 2.70. The van der Waals surface area contributed by atoms with Crippen molar-refractivity contribution in [3.8, 4) is 11.3 Å². The van der Waals surface area contributed by atoms with Crippen LogP contribution in [0.4, 0.5) is 0 Å². The number of H-pyrrole nitrogens is 1. The van der Waals surface area contributed by atoms with Crippen molar-refractivity contribution in [2.24, 2.45) is 5.92 Å². The van der Waals surface area contributed by atoms with Crippen LogP contribution in [0.25, 0.3) is 11.3 Å². The number of carboxylic acid groups (broad SMARTS) is 1. The number of rotatable bonds is 4.